The Hall–Kier alpha value is -1.95. The van der Waals surface area contributed by atoms with Gasteiger partial charge in [0, 0.05) is 12.6 Å². The Labute approximate surface area is 103 Å². The fraction of sp³-hybridized carbons (Fsp3) is 0.250. The van der Waals surface area contributed by atoms with Crippen LogP contribution >= 0.6 is 0 Å². The average Bonchev–Trinajstić information content (AvgIpc) is 2.79. The fourth-order valence-corrected chi connectivity index (χ4v) is 1.32. The smallest absolute Gasteiger partial charge is 0.399 e. The van der Waals surface area contributed by atoms with Gasteiger partial charge in [0.2, 0.25) is 0 Å². The van der Waals surface area contributed by atoms with Crippen molar-refractivity contribution in [2.45, 2.75) is 13.5 Å². The summed E-state index contributed by atoms with van der Waals surface area (Å²) in [6, 6.07) is 2.92. The van der Waals surface area contributed by atoms with Crippen LogP contribution in [-0.2, 0) is 6.54 Å². The second kappa shape index (κ2) is 5.59. The molecule has 0 atom stereocenters. The van der Waals surface area contributed by atoms with E-state index in [2.05, 4.69) is 10.3 Å². The third-order valence-corrected chi connectivity index (χ3v) is 2.18. The second-order valence-electron chi connectivity index (χ2n) is 3.56. The lowest BCUT2D eigenvalue weighted by Crippen LogP contribution is -2.11. The summed E-state index contributed by atoms with van der Waals surface area (Å²) in [4.78, 5) is 3.97. The van der Waals surface area contributed by atoms with Crippen molar-refractivity contribution in [2.75, 3.05) is 6.54 Å². The number of aromatic nitrogens is 1. The minimum absolute atomic E-state index is 0.118. The average molecular weight is 254 g/mol. The summed E-state index contributed by atoms with van der Waals surface area (Å²) in [7, 11) is 0. The SMILES string of the molecule is CCNCc1coc(Oc2cc(F)ccc2F)n1. The molecule has 0 amide bonds. The van der Waals surface area contributed by atoms with Gasteiger partial charge < -0.3 is 14.5 Å². The quantitative estimate of drug-likeness (QED) is 0.891. The van der Waals surface area contributed by atoms with Crippen molar-refractivity contribution < 1.29 is 17.9 Å². The van der Waals surface area contributed by atoms with Gasteiger partial charge in [0.15, 0.2) is 11.6 Å². The first-order valence-corrected chi connectivity index (χ1v) is 5.47. The minimum atomic E-state index is -0.678. The lowest BCUT2D eigenvalue weighted by molar-refractivity contribution is 0.316. The van der Waals surface area contributed by atoms with Crippen LogP contribution in [0.5, 0.6) is 11.8 Å². The Balaban J connectivity index is 2.08. The molecule has 4 nitrogen and oxygen atoms in total. The second-order valence-corrected chi connectivity index (χ2v) is 3.56. The van der Waals surface area contributed by atoms with E-state index in [4.69, 9.17) is 9.15 Å². The van der Waals surface area contributed by atoms with E-state index in [1.807, 2.05) is 6.92 Å². The van der Waals surface area contributed by atoms with Gasteiger partial charge in [-0.05, 0) is 18.7 Å². The molecule has 0 aliphatic carbocycles. The lowest BCUT2D eigenvalue weighted by atomic mass is 10.3. The third kappa shape index (κ3) is 3.04. The largest absolute Gasteiger partial charge is 0.417 e. The molecule has 2 rings (SSSR count). The van der Waals surface area contributed by atoms with Crippen molar-refractivity contribution in [1.29, 1.82) is 0 Å². The topological polar surface area (TPSA) is 47.3 Å². The van der Waals surface area contributed by atoms with Crippen molar-refractivity contribution in [2.24, 2.45) is 0 Å². The normalized spacial score (nSPS) is 10.6. The van der Waals surface area contributed by atoms with Crippen LogP contribution in [0.2, 0.25) is 0 Å². The molecule has 0 fully saturated rings. The Kier molecular flexibility index (Phi) is 3.88. The molecule has 1 aromatic carbocycles. The van der Waals surface area contributed by atoms with E-state index in [1.54, 1.807) is 0 Å². The number of ether oxygens (including phenoxy) is 1. The molecule has 6 heteroatoms. The van der Waals surface area contributed by atoms with Crippen LogP contribution in [-0.4, -0.2) is 11.5 Å². The standard InChI is InChI=1S/C12H12F2N2O2/c1-2-15-6-9-7-17-12(16-9)18-11-5-8(13)3-4-10(11)14/h3-5,7,15H,2,6H2,1H3. The zero-order valence-corrected chi connectivity index (χ0v) is 9.74. The van der Waals surface area contributed by atoms with Crippen LogP contribution in [0, 0.1) is 11.6 Å². The van der Waals surface area contributed by atoms with Crippen molar-refractivity contribution >= 4 is 0 Å². The highest BCUT2D eigenvalue weighted by Crippen LogP contribution is 2.24. The number of nitrogens with one attached hydrogen (secondary N) is 1. The van der Waals surface area contributed by atoms with Crippen molar-refractivity contribution in [3.8, 4) is 11.8 Å². The van der Waals surface area contributed by atoms with Gasteiger partial charge in [-0.25, -0.2) is 8.78 Å². The van der Waals surface area contributed by atoms with Crippen LogP contribution in [0.4, 0.5) is 8.78 Å². The van der Waals surface area contributed by atoms with Crippen molar-refractivity contribution in [3.05, 3.63) is 41.8 Å². The number of hydrogen-bond acceptors (Lipinski definition) is 4. The summed E-state index contributed by atoms with van der Waals surface area (Å²) in [6.45, 7) is 3.27. The molecule has 96 valence electrons. The first-order chi connectivity index (χ1) is 8.69. The van der Waals surface area contributed by atoms with E-state index in [9.17, 15) is 8.78 Å². The highest BCUT2D eigenvalue weighted by Gasteiger charge is 2.10. The van der Waals surface area contributed by atoms with Gasteiger partial charge in [-0.1, -0.05) is 6.92 Å². The number of nitrogens with zero attached hydrogens (tertiary/aromatic N) is 1. The number of rotatable bonds is 5. The number of oxazole rings is 1. The third-order valence-electron chi connectivity index (χ3n) is 2.18. The molecule has 0 saturated carbocycles. The monoisotopic (exact) mass is 254 g/mol. The minimum Gasteiger partial charge on any atom is -0.417 e. The fourth-order valence-electron chi connectivity index (χ4n) is 1.32. The predicted molar refractivity (Wildman–Crippen MR) is 60.3 cm³/mol. The Morgan fingerprint density at radius 3 is 3.00 bits per heavy atom. The van der Waals surface area contributed by atoms with Crippen LogP contribution in [0.25, 0.3) is 0 Å². The van der Waals surface area contributed by atoms with Gasteiger partial charge in [0.05, 0.1) is 5.69 Å². The van der Waals surface area contributed by atoms with Crippen LogP contribution in [0.15, 0.2) is 28.9 Å². The molecule has 18 heavy (non-hydrogen) atoms. The van der Waals surface area contributed by atoms with Gasteiger partial charge in [-0.15, -0.1) is 0 Å². The molecular weight excluding hydrogens is 242 g/mol. The molecule has 0 aliphatic heterocycles. The number of benzene rings is 1. The van der Waals surface area contributed by atoms with E-state index < -0.39 is 11.6 Å². The van der Waals surface area contributed by atoms with E-state index in [1.165, 1.54) is 6.26 Å². The first kappa shape index (κ1) is 12.5. The highest BCUT2D eigenvalue weighted by atomic mass is 19.1. The molecule has 0 aliphatic rings. The van der Waals surface area contributed by atoms with Gasteiger partial charge >= 0.3 is 6.08 Å². The zero-order chi connectivity index (χ0) is 13.0. The zero-order valence-electron chi connectivity index (χ0n) is 9.74. The van der Waals surface area contributed by atoms with Crippen molar-refractivity contribution in [3.63, 3.8) is 0 Å². The van der Waals surface area contributed by atoms with Crippen LogP contribution in [0.3, 0.4) is 0 Å². The summed E-state index contributed by atoms with van der Waals surface area (Å²) < 4.78 is 36.2. The Morgan fingerprint density at radius 2 is 2.22 bits per heavy atom. The molecule has 1 aromatic heterocycles. The summed E-state index contributed by atoms with van der Waals surface area (Å²) in [5.41, 5.74) is 0.628. The first-order valence-electron chi connectivity index (χ1n) is 5.47. The summed E-state index contributed by atoms with van der Waals surface area (Å²) in [5.74, 6) is -1.53. The van der Waals surface area contributed by atoms with Gasteiger partial charge in [0.1, 0.15) is 12.1 Å². The molecule has 1 heterocycles. The Bertz CT molecular complexity index is 529. The Morgan fingerprint density at radius 1 is 1.39 bits per heavy atom. The van der Waals surface area contributed by atoms with E-state index in [-0.39, 0.29) is 11.8 Å². The maximum Gasteiger partial charge on any atom is 0.399 e. The summed E-state index contributed by atoms with van der Waals surface area (Å²) >= 11 is 0. The van der Waals surface area contributed by atoms with E-state index in [0.29, 0.717) is 12.2 Å². The molecule has 0 unspecified atom stereocenters. The molecule has 2 aromatic rings. The number of hydrogen-bond donors (Lipinski definition) is 1. The lowest BCUT2D eigenvalue weighted by Gasteiger charge is -2.01. The van der Waals surface area contributed by atoms with Crippen LogP contribution in [0.1, 0.15) is 12.6 Å². The van der Waals surface area contributed by atoms with Gasteiger partial charge in [0.25, 0.3) is 0 Å². The molecule has 0 radical (unpaired) electrons. The van der Waals surface area contributed by atoms with Gasteiger partial charge in [-0.2, -0.15) is 4.98 Å². The predicted octanol–water partition coefficient (Wildman–Crippen LogP) is 2.85. The maximum atomic E-state index is 13.3. The molecule has 0 saturated heterocycles. The summed E-state index contributed by atoms with van der Waals surface area (Å²) in [6.07, 6.45) is 1.28. The summed E-state index contributed by atoms with van der Waals surface area (Å²) in [5, 5.41) is 3.05. The van der Waals surface area contributed by atoms with Crippen LogP contribution < -0.4 is 10.1 Å². The maximum absolute atomic E-state index is 13.3. The molecule has 1 N–H and O–H groups in total. The number of halogens is 2. The van der Waals surface area contributed by atoms with Gasteiger partial charge in [-0.3, -0.25) is 0 Å². The van der Waals surface area contributed by atoms with E-state index in [0.717, 1.165) is 24.7 Å². The van der Waals surface area contributed by atoms with E-state index >= 15 is 0 Å². The highest BCUT2D eigenvalue weighted by molar-refractivity contribution is 5.27. The van der Waals surface area contributed by atoms with Crippen molar-refractivity contribution in [1.82, 2.24) is 10.3 Å². The molecular formula is C12H12F2N2O2. The molecule has 0 spiro atoms. The molecule has 0 bridgehead atoms.